The molecule has 0 aliphatic rings. The van der Waals surface area contributed by atoms with Crippen LogP contribution in [0, 0.1) is 0 Å². The molecule has 102 valence electrons. The standard InChI is InChI=1S/C19H15NS/c1-2-7-15(8-3-1)13-20-14-17(19-11-6-12-21-19)16-9-4-5-10-18(16)20/h1-12,14H,13H2. The van der Waals surface area contributed by atoms with Gasteiger partial charge >= 0.3 is 0 Å². The van der Waals surface area contributed by atoms with Crippen LogP contribution >= 0.6 is 11.3 Å². The highest BCUT2D eigenvalue weighted by molar-refractivity contribution is 7.13. The summed E-state index contributed by atoms with van der Waals surface area (Å²) in [6.07, 6.45) is 2.28. The number of para-hydroxylation sites is 1. The normalized spacial score (nSPS) is 11.0. The van der Waals surface area contributed by atoms with Gasteiger partial charge in [0.2, 0.25) is 0 Å². The van der Waals surface area contributed by atoms with Crippen LogP contribution in [0.25, 0.3) is 21.3 Å². The Labute approximate surface area is 128 Å². The Morgan fingerprint density at radius 3 is 2.43 bits per heavy atom. The molecular formula is C19H15NS. The minimum absolute atomic E-state index is 0.909. The van der Waals surface area contributed by atoms with Gasteiger partial charge in [0.1, 0.15) is 0 Å². The van der Waals surface area contributed by atoms with Crippen LogP contribution in [0.3, 0.4) is 0 Å². The second kappa shape index (κ2) is 5.23. The zero-order valence-corrected chi connectivity index (χ0v) is 12.4. The average Bonchev–Trinajstić information content (AvgIpc) is 3.17. The topological polar surface area (TPSA) is 4.93 Å². The highest BCUT2D eigenvalue weighted by atomic mass is 32.1. The highest BCUT2D eigenvalue weighted by Gasteiger charge is 2.10. The molecule has 2 aromatic carbocycles. The van der Waals surface area contributed by atoms with Crippen LogP contribution in [0.15, 0.2) is 78.3 Å². The average molecular weight is 289 g/mol. The molecule has 21 heavy (non-hydrogen) atoms. The van der Waals surface area contributed by atoms with Crippen LogP contribution in [0.4, 0.5) is 0 Å². The molecule has 0 bridgehead atoms. The van der Waals surface area contributed by atoms with E-state index in [1.165, 1.54) is 26.9 Å². The SMILES string of the molecule is c1ccc(Cn2cc(-c3cccs3)c3ccccc32)cc1. The van der Waals surface area contributed by atoms with E-state index in [4.69, 9.17) is 0 Å². The molecule has 0 saturated heterocycles. The van der Waals surface area contributed by atoms with E-state index in [9.17, 15) is 0 Å². The smallest absolute Gasteiger partial charge is 0.0490 e. The predicted octanol–water partition coefficient (Wildman–Crippen LogP) is 5.42. The zero-order chi connectivity index (χ0) is 14.1. The van der Waals surface area contributed by atoms with Gasteiger partial charge in [0, 0.05) is 34.1 Å². The molecule has 2 aromatic heterocycles. The number of hydrogen-bond donors (Lipinski definition) is 0. The summed E-state index contributed by atoms with van der Waals surface area (Å²) < 4.78 is 2.35. The van der Waals surface area contributed by atoms with Crippen molar-refractivity contribution < 1.29 is 0 Å². The lowest BCUT2D eigenvalue weighted by atomic mass is 10.1. The first-order valence-electron chi connectivity index (χ1n) is 7.07. The summed E-state index contributed by atoms with van der Waals surface area (Å²) in [6, 6.07) is 23.6. The minimum Gasteiger partial charge on any atom is -0.342 e. The first-order valence-corrected chi connectivity index (χ1v) is 7.95. The Morgan fingerprint density at radius 2 is 1.62 bits per heavy atom. The highest BCUT2D eigenvalue weighted by Crippen LogP contribution is 2.33. The number of hydrogen-bond acceptors (Lipinski definition) is 1. The van der Waals surface area contributed by atoms with Gasteiger partial charge in [-0.25, -0.2) is 0 Å². The van der Waals surface area contributed by atoms with Gasteiger partial charge in [-0.15, -0.1) is 11.3 Å². The monoisotopic (exact) mass is 289 g/mol. The van der Waals surface area contributed by atoms with Gasteiger partial charge in [-0.2, -0.15) is 0 Å². The Bertz CT molecular complexity index is 857. The van der Waals surface area contributed by atoms with Crippen molar-refractivity contribution in [1.82, 2.24) is 4.57 Å². The Balaban J connectivity index is 1.86. The number of fused-ring (bicyclic) bond motifs is 1. The first kappa shape index (κ1) is 12.4. The van der Waals surface area contributed by atoms with Crippen molar-refractivity contribution in [3.8, 4) is 10.4 Å². The summed E-state index contributed by atoms with van der Waals surface area (Å²) in [6.45, 7) is 0.909. The lowest BCUT2D eigenvalue weighted by Gasteiger charge is -2.05. The van der Waals surface area contributed by atoms with Crippen LogP contribution in [-0.2, 0) is 6.54 Å². The summed E-state index contributed by atoms with van der Waals surface area (Å²) in [5, 5.41) is 3.47. The van der Waals surface area contributed by atoms with Gasteiger partial charge in [0.25, 0.3) is 0 Å². The fourth-order valence-electron chi connectivity index (χ4n) is 2.79. The molecule has 1 nitrogen and oxygen atoms in total. The molecule has 4 rings (SSSR count). The van der Waals surface area contributed by atoms with Crippen LogP contribution in [0.1, 0.15) is 5.56 Å². The van der Waals surface area contributed by atoms with Crippen molar-refractivity contribution in [2.75, 3.05) is 0 Å². The number of nitrogens with zero attached hydrogens (tertiary/aromatic N) is 1. The molecule has 0 aliphatic carbocycles. The molecule has 2 heteroatoms. The van der Waals surface area contributed by atoms with E-state index in [0.29, 0.717) is 0 Å². The summed E-state index contributed by atoms with van der Waals surface area (Å²) in [5.41, 5.74) is 3.96. The van der Waals surface area contributed by atoms with Gasteiger partial charge in [-0.3, -0.25) is 0 Å². The van der Waals surface area contributed by atoms with E-state index < -0.39 is 0 Å². The van der Waals surface area contributed by atoms with E-state index in [1.807, 2.05) is 0 Å². The van der Waals surface area contributed by atoms with Crippen molar-refractivity contribution in [2.45, 2.75) is 6.54 Å². The Kier molecular flexibility index (Phi) is 3.09. The van der Waals surface area contributed by atoms with E-state index in [1.54, 1.807) is 11.3 Å². The molecule has 2 heterocycles. The molecule has 0 N–H and O–H groups in total. The van der Waals surface area contributed by atoms with E-state index in [2.05, 4.69) is 82.9 Å². The predicted molar refractivity (Wildman–Crippen MR) is 90.8 cm³/mol. The summed E-state index contributed by atoms with van der Waals surface area (Å²) in [7, 11) is 0. The molecule has 0 spiro atoms. The molecule has 0 atom stereocenters. The molecule has 4 aromatic rings. The molecule has 0 aliphatic heterocycles. The molecule has 0 unspecified atom stereocenters. The fourth-order valence-corrected chi connectivity index (χ4v) is 3.54. The van der Waals surface area contributed by atoms with Crippen LogP contribution < -0.4 is 0 Å². The van der Waals surface area contributed by atoms with Gasteiger partial charge < -0.3 is 4.57 Å². The quantitative estimate of drug-likeness (QED) is 0.474. The number of rotatable bonds is 3. The summed E-state index contributed by atoms with van der Waals surface area (Å²) >= 11 is 1.80. The lowest BCUT2D eigenvalue weighted by molar-refractivity contribution is 0.838. The Morgan fingerprint density at radius 1 is 0.810 bits per heavy atom. The Hall–Kier alpha value is -2.32. The van der Waals surface area contributed by atoms with Gasteiger partial charge in [-0.05, 0) is 23.1 Å². The molecule has 0 fully saturated rings. The van der Waals surface area contributed by atoms with Crippen molar-refractivity contribution in [3.05, 3.63) is 83.9 Å². The maximum absolute atomic E-state index is 2.35. The number of benzene rings is 2. The third-order valence-corrected chi connectivity index (χ3v) is 4.67. The van der Waals surface area contributed by atoms with Crippen LogP contribution in [0.2, 0.25) is 0 Å². The van der Waals surface area contributed by atoms with Crippen molar-refractivity contribution in [1.29, 1.82) is 0 Å². The van der Waals surface area contributed by atoms with Crippen LogP contribution in [0.5, 0.6) is 0 Å². The molecule has 0 saturated carbocycles. The summed E-state index contributed by atoms with van der Waals surface area (Å²) in [4.78, 5) is 1.33. The lowest BCUT2D eigenvalue weighted by Crippen LogP contribution is -1.97. The third-order valence-electron chi connectivity index (χ3n) is 3.77. The van der Waals surface area contributed by atoms with Crippen molar-refractivity contribution in [3.63, 3.8) is 0 Å². The molecule has 0 amide bonds. The fraction of sp³-hybridized carbons (Fsp3) is 0.0526. The largest absolute Gasteiger partial charge is 0.342 e. The maximum atomic E-state index is 2.35. The summed E-state index contributed by atoms with van der Waals surface area (Å²) in [5.74, 6) is 0. The minimum atomic E-state index is 0.909. The maximum Gasteiger partial charge on any atom is 0.0490 e. The second-order valence-corrected chi connectivity index (χ2v) is 6.10. The molecular weight excluding hydrogens is 274 g/mol. The van der Waals surface area contributed by atoms with Crippen molar-refractivity contribution >= 4 is 22.2 Å². The second-order valence-electron chi connectivity index (χ2n) is 5.15. The zero-order valence-electron chi connectivity index (χ0n) is 11.6. The number of aromatic nitrogens is 1. The van der Waals surface area contributed by atoms with Gasteiger partial charge in [0.15, 0.2) is 0 Å². The van der Waals surface area contributed by atoms with Gasteiger partial charge in [0.05, 0.1) is 0 Å². The van der Waals surface area contributed by atoms with E-state index >= 15 is 0 Å². The van der Waals surface area contributed by atoms with Gasteiger partial charge in [-0.1, -0.05) is 54.6 Å². The first-order chi connectivity index (χ1) is 10.4. The van der Waals surface area contributed by atoms with E-state index in [0.717, 1.165) is 6.54 Å². The van der Waals surface area contributed by atoms with E-state index in [-0.39, 0.29) is 0 Å². The van der Waals surface area contributed by atoms with Crippen LogP contribution in [-0.4, -0.2) is 4.57 Å². The number of thiophene rings is 1. The van der Waals surface area contributed by atoms with Crippen molar-refractivity contribution in [2.24, 2.45) is 0 Å². The third kappa shape index (κ3) is 2.28. The molecule has 0 radical (unpaired) electrons.